The van der Waals surface area contributed by atoms with E-state index in [0.29, 0.717) is 10.7 Å². The maximum absolute atomic E-state index is 14.3. The highest BCUT2D eigenvalue weighted by Crippen LogP contribution is 2.32. The summed E-state index contributed by atoms with van der Waals surface area (Å²) in [6.07, 6.45) is -8.42. The van der Waals surface area contributed by atoms with Crippen LogP contribution in [0, 0.1) is 5.82 Å². The van der Waals surface area contributed by atoms with Gasteiger partial charge in [-0.3, -0.25) is 0 Å². The van der Waals surface area contributed by atoms with Crippen molar-refractivity contribution < 1.29 is 35.5 Å². The summed E-state index contributed by atoms with van der Waals surface area (Å²) in [6, 6.07) is 4.52. The summed E-state index contributed by atoms with van der Waals surface area (Å²) in [6.45, 7) is 1.61. The Morgan fingerprint density at radius 2 is 1.66 bits per heavy atom. The number of aryl methyl sites for hydroxylation is 1. The van der Waals surface area contributed by atoms with Gasteiger partial charge in [0.1, 0.15) is 5.69 Å². The van der Waals surface area contributed by atoms with Gasteiger partial charge in [0.2, 0.25) is 11.8 Å². The monoisotopic (exact) mass is 420 g/mol. The van der Waals surface area contributed by atoms with Gasteiger partial charge in [-0.1, -0.05) is 13.0 Å². The van der Waals surface area contributed by atoms with Gasteiger partial charge in [-0.05, 0) is 24.6 Å². The average molecular weight is 420 g/mol. The van der Waals surface area contributed by atoms with Crippen molar-refractivity contribution >= 4 is 0 Å². The van der Waals surface area contributed by atoms with E-state index in [1.54, 1.807) is 6.92 Å². The van der Waals surface area contributed by atoms with Crippen molar-refractivity contribution in [2.75, 3.05) is 0 Å². The molecule has 3 heterocycles. The van der Waals surface area contributed by atoms with Gasteiger partial charge in [-0.25, -0.2) is 14.1 Å². The Morgan fingerprint density at radius 1 is 0.966 bits per heavy atom. The van der Waals surface area contributed by atoms with Crippen LogP contribution in [0.3, 0.4) is 0 Å². The van der Waals surface area contributed by atoms with E-state index >= 15 is 0 Å². The number of aromatic nitrogens is 4. The molecule has 0 N–H and O–H groups in total. The van der Waals surface area contributed by atoms with Crippen LogP contribution in [0.2, 0.25) is 0 Å². The number of alkyl halides is 6. The van der Waals surface area contributed by atoms with Crippen molar-refractivity contribution in [2.24, 2.45) is 0 Å². The molecule has 5 nitrogen and oxygen atoms in total. The first-order valence-electron chi connectivity index (χ1n) is 8.03. The molecule has 0 aliphatic carbocycles. The zero-order valence-corrected chi connectivity index (χ0v) is 14.5. The Balaban J connectivity index is 2.02. The molecule has 3 aromatic heterocycles. The third kappa shape index (κ3) is 4.46. The van der Waals surface area contributed by atoms with Crippen molar-refractivity contribution in [1.29, 1.82) is 0 Å². The van der Waals surface area contributed by atoms with Crippen LogP contribution < -0.4 is 4.74 Å². The molecule has 12 heteroatoms. The van der Waals surface area contributed by atoms with Crippen molar-refractivity contribution in [3.8, 4) is 17.6 Å². The molecule has 154 valence electrons. The quantitative estimate of drug-likeness (QED) is 0.545. The number of hydrogen-bond acceptors (Lipinski definition) is 4. The maximum atomic E-state index is 14.3. The average Bonchev–Trinajstić information content (AvgIpc) is 3.12. The first-order valence-corrected chi connectivity index (χ1v) is 8.03. The molecule has 3 aromatic rings. The number of rotatable bonds is 4. The van der Waals surface area contributed by atoms with E-state index in [9.17, 15) is 30.7 Å². The van der Waals surface area contributed by atoms with Crippen LogP contribution >= 0.6 is 0 Å². The van der Waals surface area contributed by atoms with E-state index in [-0.39, 0.29) is 17.9 Å². The molecule has 0 unspecified atom stereocenters. The lowest BCUT2D eigenvalue weighted by Crippen LogP contribution is -2.10. The van der Waals surface area contributed by atoms with Crippen LogP contribution in [0.15, 0.2) is 36.5 Å². The number of hydrogen-bond donors (Lipinski definition) is 0. The normalized spacial score (nSPS) is 12.3. The molecular formula is C17H11F7N4O. The smallest absolute Gasteiger partial charge is 0.420 e. The Morgan fingerprint density at radius 3 is 2.24 bits per heavy atom. The SMILES string of the molecule is CCc1cc(F)c(-n2ccc(C(F)(F)F)n2)nc1Oc1cccc(C(F)(F)F)n1. The van der Waals surface area contributed by atoms with Crippen LogP contribution in [-0.4, -0.2) is 19.7 Å². The van der Waals surface area contributed by atoms with Crippen LogP contribution in [-0.2, 0) is 18.8 Å². The second-order valence-corrected chi connectivity index (χ2v) is 5.72. The molecule has 29 heavy (non-hydrogen) atoms. The van der Waals surface area contributed by atoms with E-state index in [2.05, 4.69) is 15.1 Å². The minimum atomic E-state index is -4.74. The molecule has 0 fully saturated rings. The molecule has 0 saturated heterocycles. The third-order valence-electron chi connectivity index (χ3n) is 3.69. The molecule has 0 atom stereocenters. The fourth-order valence-corrected chi connectivity index (χ4v) is 2.32. The fraction of sp³-hybridized carbons (Fsp3) is 0.235. The van der Waals surface area contributed by atoms with Gasteiger partial charge in [-0.2, -0.15) is 36.4 Å². The lowest BCUT2D eigenvalue weighted by atomic mass is 10.2. The molecule has 0 saturated carbocycles. The van der Waals surface area contributed by atoms with Crippen LogP contribution in [0.5, 0.6) is 11.8 Å². The second kappa shape index (κ2) is 7.33. The summed E-state index contributed by atoms with van der Waals surface area (Å²) in [5, 5.41) is 3.23. The van der Waals surface area contributed by atoms with Gasteiger partial charge in [0.15, 0.2) is 17.3 Å². The molecule has 0 amide bonds. The van der Waals surface area contributed by atoms with Crippen molar-refractivity contribution in [1.82, 2.24) is 19.7 Å². The molecular weight excluding hydrogens is 409 g/mol. The van der Waals surface area contributed by atoms with Gasteiger partial charge in [0.25, 0.3) is 0 Å². The minimum absolute atomic E-state index is 0.175. The fourth-order valence-electron chi connectivity index (χ4n) is 2.32. The summed E-state index contributed by atoms with van der Waals surface area (Å²) < 4.78 is 96.8. The zero-order valence-electron chi connectivity index (χ0n) is 14.5. The van der Waals surface area contributed by atoms with E-state index < -0.39 is 41.3 Å². The zero-order chi connectivity index (χ0) is 21.4. The van der Waals surface area contributed by atoms with E-state index in [1.807, 2.05) is 0 Å². The second-order valence-electron chi connectivity index (χ2n) is 5.72. The van der Waals surface area contributed by atoms with Gasteiger partial charge >= 0.3 is 12.4 Å². The molecule has 0 bridgehead atoms. The van der Waals surface area contributed by atoms with Crippen LogP contribution in [0.4, 0.5) is 30.7 Å². The molecule has 0 aliphatic heterocycles. The topological polar surface area (TPSA) is 52.8 Å². The summed E-state index contributed by atoms with van der Waals surface area (Å²) in [7, 11) is 0. The lowest BCUT2D eigenvalue weighted by Gasteiger charge is -2.12. The third-order valence-corrected chi connectivity index (χ3v) is 3.69. The molecule has 0 aliphatic rings. The highest BCUT2D eigenvalue weighted by Gasteiger charge is 2.34. The van der Waals surface area contributed by atoms with Gasteiger partial charge in [-0.15, -0.1) is 0 Å². The van der Waals surface area contributed by atoms with Crippen LogP contribution in [0.1, 0.15) is 23.9 Å². The number of pyridine rings is 2. The predicted octanol–water partition coefficient (Wildman–Crippen LogP) is 5.19. The first-order chi connectivity index (χ1) is 13.5. The summed E-state index contributed by atoms with van der Waals surface area (Å²) >= 11 is 0. The van der Waals surface area contributed by atoms with E-state index in [0.717, 1.165) is 30.5 Å². The highest BCUT2D eigenvalue weighted by atomic mass is 19.4. The minimum Gasteiger partial charge on any atom is -0.420 e. The maximum Gasteiger partial charge on any atom is 0.435 e. The number of halogens is 7. The predicted molar refractivity (Wildman–Crippen MR) is 85.0 cm³/mol. The van der Waals surface area contributed by atoms with E-state index in [1.165, 1.54) is 0 Å². The standard InChI is InChI=1S/C17H11F7N4O/c1-2-9-8-10(18)14(28-7-6-12(27-28)17(22,23)24)26-15(9)29-13-5-3-4-11(25-13)16(19,20)21/h3-8H,2H2,1H3. The molecule has 0 aromatic carbocycles. The van der Waals surface area contributed by atoms with Gasteiger partial charge < -0.3 is 4.74 Å². The highest BCUT2D eigenvalue weighted by molar-refractivity contribution is 5.38. The van der Waals surface area contributed by atoms with Crippen molar-refractivity contribution in [2.45, 2.75) is 25.7 Å². The number of nitrogens with zero attached hydrogens (tertiary/aromatic N) is 4. The number of ether oxygens (including phenoxy) is 1. The van der Waals surface area contributed by atoms with Crippen molar-refractivity contribution in [3.05, 3.63) is 59.3 Å². The van der Waals surface area contributed by atoms with E-state index in [4.69, 9.17) is 4.74 Å². The lowest BCUT2D eigenvalue weighted by molar-refractivity contribution is -0.142. The summed E-state index contributed by atoms with van der Waals surface area (Å²) in [4.78, 5) is 7.13. The van der Waals surface area contributed by atoms with Crippen LogP contribution in [0.25, 0.3) is 5.82 Å². The summed E-state index contributed by atoms with van der Waals surface area (Å²) in [5.74, 6) is -2.36. The Kier molecular flexibility index (Phi) is 5.20. The molecule has 3 rings (SSSR count). The van der Waals surface area contributed by atoms with Gasteiger partial charge in [0, 0.05) is 17.8 Å². The Bertz CT molecular complexity index is 1030. The Hall–Kier alpha value is -3.18. The van der Waals surface area contributed by atoms with Gasteiger partial charge in [0.05, 0.1) is 0 Å². The van der Waals surface area contributed by atoms with Crippen molar-refractivity contribution in [3.63, 3.8) is 0 Å². The Labute approximate surface area is 158 Å². The largest absolute Gasteiger partial charge is 0.435 e. The summed E-state index contributed by atoms with van der Waals surface area (Å²) in [5.41, 5.74) is -2.30. The molecule has 0 radical (unpaired) electrons. The molecule has 0 spiro atoms. The first kappa shape index (κ1) is 20.6.